The molecule has 0 aromatic carbocycles. The Morgan fingerprint density at radius 3 is 2.76 bits per heavy atom. The second kappa shape index (κ2) is 5.83. The average Bonchev–Trinajstić information content (AvgIpc) is 2.74. The molecule has 1 saturated heterocycles. The van der Waals surface area contributed by atoms with Crippen LogP contribution in [0.15, 0.2) is 0 Å². The maximum Gasteiger partial charge on any atom is 0.222 e. The molecule has 1 atom stereocenters. The zero-order valence-electron chi connectivity index (χ0n) is 10.6. The highest BCUT2D eigenvalue weighted by atomic mass is 16.5. The Labute approximate surface area is 103 Å². The monoisotopic (exact) mass is 241 g/mol. The topological polar surface area (TPSA) is 49.8 Å². The van der Waals surface area contributed by atoms with E-state index in [4.69, 9.17) is 9.84 Å². The van der Waals surface area contributed by atoms with Crippen molar-refractivity contribution in [3.63, 3.8) is 0 Å². The molecule has 2 aliphatic rings. The summed E-state index contributed by atoms with van der Waals surface area (Å²) >= 11 is 0. The lowest BCUT2D eigenvalue weighted by molar-refractivity contribution is -0.133. The van der Waals surface area contributed by atoms with E-state index in [0.29, 0.717) is 24.4 Å². The lowest BCUT2D eigenvalue weighted by Crippen LogP contribution is -2.37. The second-order valence-electron chi connectivity index (χ2n) is 5.30. The summed E-state index contributed by atoms with van der Waals surface area (Å²) in [4.78, 5) is 13.9. The number of hydrogen-bond acceptors (Lipinski definition) is 3. The SMILES string of the molecule is CCOC1CC(CC(=O)N2CCC(CO)C2)C1. The van der Waals surface area contributed by atoms with Gasteiger partial charge in [0, 0.05) is 38.6 Å². The van der Waals surface area contributed by atoms with Crippen LogP contribution in [-0.2, 0) is 9.53 Å². The normalized spacial score (nSPS) is 32.6. The Morgan fingerprint density at radius 2 is 2.18 bits per heavy atom. The molecule has 0 spiro atoms. The summed E-state index contributed by atoms with van der Waals surface area (Å²) in [6.07, 6.45) is 4.09. The minimum absolute atomic E-state index is 0.208. The van der Waals surface area contributed by atoms with E-state index in [1.54, 1.807) is 0 Å². The van der Waals surface area contributed by atoms with Crippen molar-refractivity contribution >= 4 is 5.91 Å². The predicted molar refractivity (Wildman–Crippen MR) is 64.5 cm³/mol. The number of carbonyl (C=O) groups excluding carboxylic acids is 1. The van der Waals surface area contributed by atoms with E-state index in [0.717, 1.165) is 39.0 Å². The van der Waals surface area contributed by atoms with Gasteiger partial charge in [0.1, 0.15) is 0 Å². The third kappa shape index (κ3) is 3.19. The molecule has 0 radical (unpaired) electrons. The highest BCUT2D eigenvalue weighted by Crippen LogP contribution is 2.33. The lowest BCUT2D eigenvalue weighted by Gasteiger charge is -2.35. The molecule has 0 aromatic heterocycles. The highest BCUT2D eigenvalue weighted by Gasteiger charge is 2.33. The summed E-state index contributed by atoms with van der Waals surface area (Å²) in [5.41, 5.74) is 0. The number of aliphatic hydroxyl groups excluding tert-OH is 1. The van der Waals surface area contributed by atoms with Gasteiger partial charge in [0.05, 0.1) is 6.10 Å². The Morgan fingerprint density at radius 1 is 1.41 bits per heavy atom. The molecule has 2 rings (SSSR count). The molecule has 1 aliphatic carbocycles. The van der Waals surface area contributed by atoms with Gasteiger partial charge in [-0.1, -0.05) is 0 Å². The van der Waals surface area contributed by atoms with Gasteiger partial charge in [-0.05, 0) is 32.1 Å². The zero-order valence-corrected chi connectivity index (χ0v) is 10.6. The van der Waals surface area contributed by atoms with Crippen LogP contribution in [0, 0.1) is 11.8 Å². The van der Waals surface area contributed by atoms with Crippen molar-refractivity contribution in [2.75, 3.05) is 26.3 Å². The Kier molecular flexibility index (Phi) is 4.40. The predicted octanol–water partition coefficient (Wildman–Crippen LogP) is 1.03. The van der Waals surface area contributed by atoms with Crippen molar-refractivity contribution in [1.29, 1.82) is 0 Å². The molecule has 1 unspecified atom stereocenters. The molecule has 4 heteroatoms. The van der Waals surface area contributed by atoms with Gasteiger partial charge in [0.25, 0.3) is 0 Å². The number of hydrogen-bond donors (Lipinski definition) is 1. The first kappa shape index (κ1) is 12.8. The Hall–Kier alpha value is -0.610. The first-order valence-electron chi connectivity index (χ1n) is 6.73. The summed E-state index contributed by atoms with van der Waals surface area (Å²) in [7, 11) is 0. The van der Waals surface area contributed by atoms with E-state index >= 15 is 0 Å². The molecule has 4 nitrogen and oxygen atoms in total. The second-order valence-corrected chi connectivity index (χ2v) is 5.30. The first-order valence-corrected chi connectivity index (χ1v) is 6.73. The average molecular weight is 241 g/mol. The molecule has 98 valence electrons. The summed E-state index contributed by atoms with van der Waals surface area (Å²) in [5.74, 6) is 1.09. The summed E-state index contributed by atoms with van der Waals surface area (Å²) in [5, 5.41) is 9.04. The number of likely N-dealkylation sites (tertiary alicyclic amines) is 1. The minimum Gasteiger partial charge on any atom is -0.396 e. The molecule has 1 saturated carbocycles. The summed E-state index contributed by atoms with van der Waals surface area (Å²) in [6, 6.07) is 0. The van der Waals surface area contributed by atoms with E-state index in [-0.39, 0.29) is 12.5 Å². The zero-order chi connectivity index (χ0) is 12.3. The Bertz CT molecular complexity index is 263. The van der Waals surface area contributed by atoms with Crippen molar-refractivity contribution in [2.45, 2.75) is 38.7 Å². The number of amides is 1. The molecular weight excluding hydrogens is 218 g/mol. The maximum atomic E-state index is 12.0. The van der Waals surface area contributed by atoms with Crippen molar-refractivity contribution in [3.8, 4) is 0 Å². The van der Waals surface area contributed by atoms with Gasteiger partial charge < -0.3 is 14.7 Å². The van der Waals surface area contributed by atoms with E-state index in [9.17, 15) is 4.79 Å². The van der Waals surface area contributed by atoms with Crippen molar-refractivity contribution < 1.29 is 14.6 Å². The summed E-state index contributed by atoms with van der Waals surface area (Å²) < 4.78 is 5.49. The number of rotatable bonds is 5. The molecule has 0 aromatic rings. The van der Waals surface area contributed by atoms with E-state index in [1.165, 1.54) is 0 Å². The van der Waals surface area contributed by atoms with Crippen LogP contribution in [0.4, 0.5) is 0 Å². The number of carbonyl (C=O) groups is 1. The fraction of sp³-hybridized carbons (Fsp3) is 0.923. The van der Waals surface area contributed by atoms with Crippen LogP contribution in [0.1, 0.15) is 32.6 Å². The van der Waals surface area contributed by atoms with E-state index < -0.39 is 0 Å². The summed E-state index contributed by atoms with van der Waals surface area (Å²) in [6.45, 7) is 4.57. The van der Waals surface area contributed by atoms with Crippen LogP contribution in [-0.4, -0.2) is 48.3 Å². The molecule has 1 aliphatic heterocycles. The Balaban J connectivity index is 1.65. The van der Waals surface area contributed by atoms with Crippen LogP contribution in [0.2, 0.25) is 0 Å². The van der Waals surface area contributed by atoms with Crippen LogP contribution in [0.25, 0.3) is 0 Å². The van der Waals surface area contributed by atoms with Crippen molar-refractivity contribution in [1.82, 2.24) is 4.90 Å². The van der Waals surface area contributed by atoms with Gasteiger partial charge in [0.15, 0.2) is 0 Å². The smallest absolute Gasteiger partial charge is 0.222 e. The molecular formula is C13H23NO3. The van der Waals surface area contributed by atoms with Crippen LogP contribution in [0.3, 0.4) is 0 Å². The third-order valence-electron chi connectivity index (χ3n) is 3.95. The fourth-order valence-electron chi connectivity index (χ4n) is 2.80. The maximum absolute atomic E-state index is 12.0. The minimum atomic E-state index is 0.208. The van der Waals surface area contributed by atoms with Gasteiger partial charge in [-0.3, -0.25) is 4.79 Å². The highest BCUT2D eigenvalue weighted by molar-refractivity contribution is 5.76. The van der Waals surface area contributed by atoms with Crippen molar-refractivity contribution in [3.05, 3.63) is 0 Å². The quantitative estimate of drug-likeness (QED) is 0.782. The molecule has 1 amide bonds. The molecule has 1 heterocycles. The lowest BCUT2D eigenvalue weighted by atomic mass is 9.80. The number of nitrogens with zero attached hydrogens (tertiary/aromatic N) is 1. The molecule has 2 fully saturated rings. The number of aliphatic hydroxyl groups is 1. The molecule has 17 heavy (non-hydrogen) atoms. The van der Waals surface area contributed by atoms with Gasteiger partial charge in [-0.15, -0.1) is 0 Å². The van der Waals surface area contributed by atoms with Gasteiger partial charge in [0.2, 0.25) is 5.91 Å². The fourth-order valence-corrected chi connectivity index (χ4v) is 2.80. The third-order valence-corrected chi connectivity index (χ3v) is 3.95. The van der Waals surface area contributed by atoms with Crippen molar-refractivity contribution in [2.24, 2.45) is 11.8 Å². The molecule has 0 bridgehead atoms. The van der Waals surface area contributed by atoms with E-state index in [1.807, 2.05) is 11.8 Å². The van der Waals surface area contributed by atoms with Gasteiger partial charge >= 0.3 is 0 Å². The largest absolute Gasteiger partial charge is 0.396 e. The van der Waals surface area contributed by atoms with Gasteiger partial charge in [-0.25, -0.2) is 0 Å². The van der Waals surface area contributed by atoms with E-state index in [2.05, 4.69) is 0 Å². The van der Waals surface area contributed by atoms with Crippen LogP contribution in [0.5, 0.6) is 0 Å². The standard InChI is InChI=1S/C13H23NO3/c1-2-17-12-5-11(6-12)7-13(16)14-4-3-10(8-14)9-15/h10-12,15H,2-9H2,1H3. The van der Waals surface area contributed by atoms with Gasteiger partial charge in [-0.2, -0.15) is 0 Å². The van der Waals surface area contributed by atoms with Crippen LogP contribution < -0.4 is 0 Å². The first-order chi connectivity index (χ1) is 8.22. The molecule has 1 N–H and O–H groups in total. The number of ether oxygens (including phenoxy) is 1. The van der Waals surface area contributed by atoms with Crippen LogP contribution >= 0.6 is 0 Å².